The van der Waals surface area contributed by atoms with E-state index in [2.05, 4.69) is 36.9 Å². The highest BCUT2D eigenvalue weighted by Crippen LogP contribution is 2.13. The average molecular weight is 975 g/mol. The Labute approximate surface area is 378 Å². The molecular formula is C39H60BrN9O15. The monoisotopic (exact) mass is 973 g/mol. The molecule has 25 heteroatoms. The maximum absolute atomic E-state index is 13.5. The fraction of sp³-hybridized carbons (Fsp3) is 0.641. The van der Waals surface area contributed by atoms with Crippen molar-refractivity contribution in [2.24, 2.45) is 0 Å². The number of rotatable bonds is 27. The molecular weight excluding hydrogens is 914 g/mol. The first-order valence-corrected chi connectivity index (χ1v) is 21.5. The molecule has 1 fully saturated rings. The maximum atomic E-state index is 13.5. The van der Waals surface area contributed by atoms with Crippen molar-refractivity contribution < 1.29 is 73.8 Å². The summed E-state index contributed by atoms with van der Waals surface area (Å²) in [6, 6.07) is -0.515. The molecule has 1 aromatic heterocycles. The zero-order valence-electron chi connectivity index (χ0n) is 35.6. The van der Waals surface area contributed by atoms with E-state index in [1.807, 2.05) is 0 Å². The summed E-state index contributed by atoms with van der Waals surface area (Å²) in [4.78, 5) is 120. The first-order valence-electron chi connectivity index (χ1n) is 20.7. The Hall–Kier alpha value is -5.50. The van der Waals surface area contributed by atoms with Crippen LogP contribution in [0.5, 0.6) is 0 Å². The Bertz CT molecular complexity index is 1690. The van der Waals surface area contributed by atoms with Gasteiger partial charge in [0.2, 0.25) is 11.8 Å². The number of hydrogen-bond donors (Lipinski definition) is 9. The molecule has 358 valence electrons. The summed E-state index contributed by atoms with van der Waals surface area (Å²) >= 11 is 3.28. The van der Waals surface area contributed by atoms with Gasteiger partial charge < -0.3 is 51.5 Å². The Kier molecular flexibility index (Phi) is 25.4. The van der Waals surface area contributed by atoms with Crippen LogP contribution in [-0.2, 0) is 44.9 Å². The number of aliphatic carboxylic acids is 6. The van der Waals surface area contributed by atoms with E-state index in [1.54, 1.807) is 42.8 Å². The Morgan fingerprint density at radius 1 is 0.609 bits per heavy atom. The molecule has 0 saturated carbocycles. The van der Waals surface area contributed by atoms with Gasteiger partial charge in [0.1, 0.15) is 16.7 Å². The number of hydrogen-bond acceptors (Lipinski definition) is 14. The van der Waals surface area contributed by atoms with Gasteiger partial charge >= 0.3 is 41.8 Å². The molecule has 0 aromatic carbocycles. The van der Waals surface area contributed by atoms with Crippen LogP contribution in [0.25, 0.3) is 0 Å². The highest BCUT2D eigenvalue weighted by atomic mass is 79.9. The lowest BCUT2D eigenvalue weighted by Crippen LogP contribution is -2.51. The van der Waals surface area contributed by atoms with Crippen molar-refractivity contribution in [3.63, 3.8) is 0 Å². The third kappa shape index (κ3) is 24.4. The van der Waals surface area contributed by atoms with Crippen LogP contribution in [0.1, 0.15) is 56.9 Å². The summed E-state index contributed by atoms with van der Waals surface area (Å²) < 4.78 is 0.596. The second-order valence-electron chi connectivity index (χ2n) is 15.2. The van der Waals surface area contributed by atoms with Crippen LogP contribution in [0, 0.1) is 0 Å². The number of nitrogens with one attached hydrogen (secondary N) is 3. The zero-order valence-corrected chi connectivity index (χ0v) is 37.2. The molecule has 0 aliphatic carbocycles. The number of urea groups is 1. The zero-order chi connectivity index (χ0) is 47.6. The lowest BCUT2D eigenvalue weighted by atomic mass is 10.1. The van der Waals surface area contributed by atoms with Gasteiger partial charge in [0.05, 0.1) is 26.2 Å². The number of carboxylic acid groups (broad SMARTS) is 6. The number of nitrogens with zero attached hydrogens (tertiary/aromatic N) is 6. The lowest BCUT2D eigenvalue weighted by Gasteiger charge is -2.32. The molecule has 2 rings (SSSR count). The van der Waals surface area contributed by atoms with Crippen molar-refractivity contribution in [3.05, 3.63) is 28.5 Å². The van der Waals surface area contributed by atoms with Gasteiger partial charge in [-0.15, -0.1) is 0 Å². The SMILES string of the molecule is O=C(O)CC[C@H](NC(=O)N[C@@H](CCCCN(Cc1ccc(Br)nc1)C(=O)CCCCNC(=O)CN1CCN(CC(=O)O)CCN(CC(=O)O)CCN(CC(=O)O)CC1)C(=O)O)C(=O)O. The second-order valence-corrected chi connectivity index (χ2v) is 16.0. The Morgan fingerprint density at radius 3 is 1.53 bits per heavy atom. The van der Waals surface area contributed by atoms with Gasteiger partial charge in [-0.3, -0.25) is 48.4 Å². The molecule has 2 heterocycles. The Balaban J connectivity index is 1.96. The van der Waals surface area contributed by atoms with Gasteiger partial charge in [-0.2, -0.15) is 0 Å². The maximum Gasteiger partial charge on any atom is 0.326 e. The molecule has 64 heavy (non-hydrogen) atoms. The summed E-state index contributed by atoms with van der Waals surface area (Å²) in [5, 5.41) is 63.2. The molecule has 0 unspecified atom stereocenters. The highest BCUT2D eigenvalue weighted by Gasteiger charge is 2.26. The van der Waals surface area contributed by atoms with Crippen LogP contribution in [0.2, 0.25) is 0 Å². The third-order valence-corrected chi connectivity index (χ3v) is 10.5. The number of amides is 4. The second kappa shape index (κ2) is 29.8. The van der Waals surface area contributed by atoms with Crippen molar-refractivity contribution in [2.75, 3.05) is 91.6 Å². The summed E-state index contributed by atoms with van der Waals surface area (Å²) in [7, 11) is 0. The van der Waals surface area contributed by atoms with Crippen molar-refractivity contribution in [3.8, 4) is 0 Å². The minimum absolute atomic E-state index is 0.0524. The van der Waals surface area contributed by atoms with Crippen LogP contribution in [0.15, 0.2) is 22.9 Å². The van der Waals surface area contributed by atoms with E-state index in [4.69, 9.17) is 5.11 Å². The molecule has 0 bridgehead atoms. The van der Waals surface area contributed by atoms with Crippen molar-refractivity contribution in [1.82, 2.24) is 45.4 Å². The van der Waals surface area contributed by atoms with E-state index in [-0.39, 0.29) is 129 Å². The molecule has 9 N–H and O–H groups in total. The molecule has 0 spiro atoms. The van der Waals surface area contributed by atoms with Gasteiger partial charge in [0.25, 0.3) is 0 Å². The van der Waals surface area contributed by atoms with Gasteiger partial charge in [-0.25, -0.2) is 19.4 Å². The van der Waals surface area contributed by atoms with E-state index in [1.165, 1.54) is 0 Å². The molecule has 1 aliphatic heterocycles. The van der Waals surface area contributed by atoms with Crippen LogP contribution in [0.3, 0.4) is 0 Å². The first-order chi connectivity index (χ1) is 30.3. The fourth-order valence-corrected chi connectivity index (χ4v) is 6.87. The smallest absolute Gasteiger partial charge is 0.326 e. The average Bonchev–Trinajstić information content (AvgIpc) is 3.20. The van der Waals surface area contributed by atoms with Crippen molar-refractivity contribution in [2.45, 2.75) is 70.0 Å². The number of aromatic nitrogens is 1. The number of carbonyl (C=O) groups is 9. The predicted molar refractivity (Wildman–Crippen MR) is 228 cm³/mol. The normalized spacial score (nSPS) is 15.6. The molecule has 1 aliphatic rings. The molecule has 4 amide bonds. The quantitative estimate of drug-likeness (QED) is 0.0384. The van der Waals surface area contributed by atoms with Crippen molar-refractivity contribution in [1.29, 1.82) is 0 Å². The summed E-state index contributed by atoms with van der Waals surface area (Å²) in [5.74, 6) is -7.82. The first kappa shape index (κ1) is 54.6. The van der Waals surface area contributed by atoms with Gasteiger partial charge in [-0.05, 0) is 66.1 Å². The number of carbonyl (C=O) groups excluding carboxylic acids is 3. The minimum Gasteiger partial charge on any atom is -0.481 e. The topological polar surface area (TPSA) is 340 Å². The van der Waals surface area contributed by atoms with Gasteiger partial charge in [0, 0.05) is 91.0 Å². The lowest BCUT2D eigenvalue weighted by molar-refractivity contribution is -0.141. The van der Waals surface area contributed by atoms with Gasteiger partial charge in [0.15, 0.2) is 0 Å². The number of unbranched alkanes of at least 4 members (excludes halogenated alkanes) is 2. The van der Waals surface area contributed by atoms with Crippen LogP contribution in [-0.4, -0.2) is 217 Å². The van der Waals surface area contributed by atoms with Crippen LogP contribution < -0.4 is 16.0 Å². The van der Waals surface area contributed by atoms with E-state index in [0.717, 1.165) is 5.56 Å². The molecule has 1 saturated heterocycles. The third-order valence-electron chi connectivity index (χ3n) is 10.1. The van der Waals surface area contributed by atoms with Crippen LogP contribution >= 0.6 is 15.9 Å². The fourth-order valence-electron chi connectivity index (χ4n) is 6.64. The predicted octanol–water partition coefficient (Wildman–Crippen LogP) is -0.825. The molecule has 1 aromatic rings. The standard InChI is InChI=1S/C39H60BrN9O15/c40-30-9-7-27(21-42-30)22-49(12-4-2-5-28(37(60)61)43-39(64)44-29(38(62)63)8-10-33(52)53)32(51)6-1-3-11-41-31(50)23-45-13-15-46(24-34(54)55)17-19-48(26-36(58)59)20-18-47(16-14-45)25-35(56)57/h7,9,21,28-29H,1-6,8,10-20,22-26H2,(H,41,50)(H,52,53)(H,54,55)(H,56,57)(H,58,59)(H,60,61)(H,62,63)(H2,43,44,64)/t28-,29-/m0/s1. The summed E-state index contributed by atoms with van der Waals surface area (Å²) in [6.45, 7) is 1.82. The molecule has 24 nitrogen and oxygen atoms in total. The highest BCUT2D eigenvalue weighted by molar-refractivity contribution is 9.10. The summed E-state index contributed by atoms with van der Waals surface area (Å²) in [5.41, 5.74) is 0.737. The van der Waals surface area contributed by atoms with Crippen molar-refractivity contribution >= 4 is 69.6 Å². The number of carboxylic acids is 6. The molecule has 0 radical (unpaired) electrons. The van der Waals surface area contributed by atoms with E-state index >= 15 is 0 Å². The molecule has 2 atom stereocenters. The Morgan fingerprint density at radius 2 is 1.09 bits per heavy atom. The van der Waals surface area contributed by atoms with Crippen LogP contribution in [0.4, 0.5) is 4.79 Å². The largest absolute Gasteiger partial charge is 0.481 e. The minimum atomic E-state index is -1.55. The van der Waals surface area contributed by atoms with E-state index in [9.17, 15) is 68.7 Å². The van der Waals surface area contributed by atoms with Gasteiger partial charge in [-0.1, -0.05) is 6.07 Å². The number of pyridine rings is 1. The van der Waals surface area contributed by atoms with E-state index in [0.29, 0.717) is 23.9 Å². The van der Waals surface area contributed by atoms with E-state index < -0.39 is 66.8 Å². The summed E-state index contributed by atoms with van der Waals surface area (Å²) in [6.07, 6.45) is 2.20. The number of halogens is 1.